The van der Waals surface area contributed by atoms with Crippen molar-refractivity contribution in [3.63, 3.8) is 0 Å². The van der Waals surface area contributed by atoms with Crippen LogP contribution in [0.3, 0.4) is 0 Å². The van der Waals surface area contributed by atoms with Gasteiger partial charge in [-0.25, -0.2) is 4.39 Å². The third-order valence-corrected chi connectivity index (χ3v) is 3.24. The number of hydrogen-bond acceptors (Lipinski definition) is 2. The quantitative estimate of drug-likeness (QED) is 0.863. The van der Waals surface area contributed by atoms with Crippen molar-refractivity contribution in [3.05, 3.63) is 58.6 Å². The van der Waals surface area contributed by atoms with Crippen molar-refractivity contribution in [2.24, 2.45) is 0 Å². The molecule has 0 spiro atoms. The molecule has 1 N–H and O–H groups in total. The number of nitrogens with zero attached hydrogens (tertiary/aromatic N) is 2. The van der Waals surface area contributed by atoms with E-state index in [-0.39, 0.29) is 11.7 Å². The van der Waals surface area contributed by atoms with Crippen molar-refractivity contribution in [1.29, 1.82) is 0 Å². The molecule has 0 atom stereocenters. The molecule has 2 aromatic rings. The first kappa shape index (κ1) is 15.3. The van der Waals surface area contributed by atoms with E-state index in [0.29, 0.717) is 18.1 Å². The number of nitrogens with one attached hydrogen (secondary N) is 1. The fraction of sp³-hybridized carbons (Fsp3) is 0.200. The van der Waals surface area contributed by atoms with Crippen LogP contribution in [0.15, 0.2) is 36.5 Å². The van der Waals surface area contributed by atoms with Gasteiger partial charge in [-0.1, -0.05) is 23.7 Å². The molecule has 6 heteroatoms. The van der Waals surface area contributed by atoms with Gasteiger partial charge >= 0.3 is 0 Å². The third-order valence-electron chi connectivity index (χ3n) is 2.92. The van der Waals surface area contributed by atoms with Crippen molar-refractivity contribution in [3.8, 4) is 0 Å². The number of aromatic nitrogens is 2. The second kappa shape index (κ2) is 7.04. The Kier molecular flexibility index (Phi) is 5.11. The van der Waals surface area contributed by atoms with Gasteiger partial charge in [-0.15, -0.1) is 0 Å². The Morgan fingerprint density at radius 2 is 2.14 bits per heavy atom. The lowest BCUT2D eigenvalue weighted by atomic mass is 10.2. The van der Waals surface area contributed by atoms with Crippen molar-refractivity contribution < 1.29 is 9.18 Å². The summed E-state index contributed by atoms with van der Waals surface area (Å²) in [7, 11) is 0. The molecule has 1 amide bonds. The van der Waals surface area contributed by atoms with Gasteiger partial charge in [0.05, 0.1) is 23.5 Å². The van der Waals surface area contributed by atoms with Gasteiger partial charge in [-0.05, 0) is 30.7 Å². The molecule has 0 aliphatic carbocycles. The number of benzene rings is 1. The van der Waals surface area contributed by atoms with Crippen molar-refractivity contribution in [2.45, 2.75) is 20.0 Å². The van der Waals surface area contributed by atoms with Crippen LogP contribution in [0.25, 0.3) is 6.08 Å². The summed E-state index contributed by atoms with van der Waals surface area (Å²) in [5, 5.41) is 7.36. The molecule has 0 aliphatic rings. The monoisotopic (exact) mass is 307 g/mol. The Balaban J connectivity index is 1.93. The maximum Gasteiger partial charge on any atom is 0.244 e. The minimum atomic E-state index is -0.306. The van der Waals surface area contributed by atoms with Crippen molar-refractivity contribution in [2.75, 3.05) is 0 Å². The Bertz CT molecular complexity index is 649. The highest BCUT2D eigenvalue weighted by Gasteiger charge is 2.08. The third kappa shape index (κ3) is 4.16. The van der Waals surface area contributed by atoms with Crippen LogP contribution in [-0.2, 0) is 17.9 Å². The number of carbonyl (C=O) groups is 1. The maximum atomic E-state index is 12.7. The van der Waals surface area contributed by atoms with E-state index in [1.807, 2.05) is 6.92 Å². The van der Waals surface area contributed by atoms with Gasteiger partial charge in [-0.2, -0.15) is 5.10 Å². The standard InChI is InChI=1S/C15H15ClFN3O/c1-2-20-14(13(16)9-19-20)10-18-15(21)8-5-11-3-6-12(17)7-4-11/h3-9H,2,10H2,1H3,(H,18,21)/b8-5+. The van der Waals surface area contributed by atoms with Gasteiger partial charge in [0.25, 0.3) is 0 Å². The van der Waals surface area contributed by atoms with Gasteiger partial charge in [0.15, 0.2) is 0 Å². The number of aryl methyl sites for hydroxylation is 1. The van der Waals surface area contributed by atoms with Gasteiger partial charge < -0.3 is 5.32 Å². The minimum absolute atomic E-state index is 0.251. The first-order chi connectivity index (χ1) is 10.1. The summed E-state index contributed by atoms with van der Waals surface area (Å²) in [6.07, 6.45) is 4.57. The fourth-order valence-corrected chi connectivity index (χ4v) is 2.02. The summed E-state index contributed by atoms with van der Waals surface area (Å²) < 4.78 is 14.5. The lowest BCUT2D eigenvalue weighted by Crippen LogP contribution is -2.22. The molecule has 1 aromatic carbocycles. The van der Waals surface area contributed by atoms with E-state index in [0.717, 1.165) is 11.3 Å². The summed E-state index contributed by atoms with van der Waals surface area (Å²) in [6.45, 7) is 2.94. The summed E-state index contributed by atoms with van der Waals surface area (Å²) in [4.78, 5) is 11.7. The molecule has 0 bridgehead atoms. The molecule has 1 aromatic heterocycles. The van der Waals surface area contributed by atoms with Crippen LogP contribution in [0, 0.1) is 5.82 Å². The van der Waals surface area contributed by atoms with Crippen LogP contribution in [0.5, 0.6) is 0 Å². The predicted molar refractivity (Wildman–Crippen MR) is 80.2 cm³/mol. The van der Waals surface area contributed by atoms with Gasteiger partial charge in [0, 0.05) is 12.6 Å². The molecule has 0 saturated heterocycles. The van der Waals surface area contributed by atoms with E-state index in [4.69, 9.17) is 11.6 Å². The molecule has 0 saturated carbocycles. The van der Waals surface area contributed by atoms with Crippen LogP contribution < -0.4 is 5.32 Å². The van der Waals surface area contributed by atoms with Crippen LogP contribution in [-0.4, -0.2) is 15.7 Å². The van der Waals surface area contributed by atoms with E-state index in [1.54, 1.807) is 29.1 Å². The van der Waals surface area contributed by atoms with Crippen LogP contribution in [0.4, 0.5) is 4.39 Å². The molecule has 0 aliphatic heterocycles. The lowest BCUT2D eigenvalue weighted by molar-refractivity contribution is -0.116. The Morgan fingerprint density at radius 1 is 1.43 bits per heavy atom. The molecule has 2 rings (SSSR count). The van der Waals surface area contributed by atoms with Gasteiger partial charge in [0.1, 0.15) is 5.82 Å². The van der Waals surface area contributed by atoms with Crippen molar-refractivity contribution in [1.82, 2.24) is 15.1 Å². The van der Waals surface area contributed by atoms with Gasteiger partial charge in [0.2, 0.25) is 5.91 Å². The molecule has 1 heterocycles. The average molecular weight is 308 g/mol. The Morgan fingerprint density at radius 3 is 2.81 bits per heavy atom. The molecule has 110 valence electrons. The van der Waals surface area contributed by atoms with E-state index >= 15 is 0 Å². The van der Waals surface area contributed by atoms with Crippen LogP contribution in [0.2, 0.25) is 5.02 Å². The molecular formula is C15H15ClFN3O. The highest BCUT2D eigenvalue weighted by molar-refractivity contribution is 6.31. The molecule has 0 radical (unpaired) electrons. The smallest absolute Gasteiger partial charge is 0.244 e. The molecule has 0 fully saturated rings. The normalized spacial score (nSPS) is 11.0. The van der Waals surface area contributed by atoms with Crippen LogP contribution >= 0.6 is 11.6 Å². The summed E-state index contributed by atoms with van der Waals surface area (Å²) in [6, 6.07) is 5.89. The fourth-order valence-electron chi connectivity index (χ4n) is 1.81. The summed E-state index contributed by atoms with van der Waals surface area (Å²) >= 11 is 6.01. The van der Waals surface area contributed by atoms with E-state index < -0.39 is 0 Å². The number of carbonyl (C=O) groups excluding carboxylic acids is 1. The number of rotatable bonds is 5. The predicted octanol–water partition coefficient (Wildman–Crippen LogP) is 3.03. The van der Waals surface area contributed by atoms with E-state index in [9.17, 15) is 9.18 Å². The number of hydrogen-bond donors (Lipinski definition) is 1. The SMILES string of the molecule is CCn1ncc(Cl)c1CNC(=O)/C=C/c1ccc(F)cc1. The summed E-state index contributed by atoms with van der Waals surface area (Å²) in [5.41, 5.74) is 1.52. The molecule has 21 heavy (non-hydrogen) atoms. The highest BCUT2D eigenvalue weighted by atomic mass is 35.5. The topological polar surface area (TPSA) is 46.9 Å². The molecular weight excluding hydrogens is 293 g/mol. The Labute approximate surface area is 127 Å². The first-order valence-corrected chi connectivity index (χ1v) is 6.89. The van der Waals surface area contributed by atoms with Crippen molar-refractivity contribution >= 4 is 23.6 Å². The zero-order valence-corrected chi connectivity index (χ0v) is 12.3. The number of amides is 1. The Hall–Kier alpha value is -2.14. The van der Waals surface area contributed by atoms with E-state index in [1.165, 1.54) is 18.2 Å². The van der Waals surface area contributed by atoms with Crippen LogP contribution in [0.1, 0.15) is 18.2 Å². The first-order valence-electron chi connectivity index (χ1n) is 6.52. The zero-order chi connectivity index (χ0) is 15.2. The van der Waals surface area contributed by atoms with Gasteiger partial charge in [-0.3, -0.25) is 9.48 Å². The molecule has 4 nitrogen and oxygen atoms in total. The second-order valence-corrected chi connectivity index (χ2v) is 4.76. The number of halogens is 2. The lowest BCUT2D eigenvalue weighted by Gasteiger charge is -2.06. The molecule has 0 unspecified atom stereocenters. The van der Waals surface area contributed by atoms with E-state index in [2.05, 4.69) is 10.4 Å². The second-order valence-electron chi connectivity index (χ2n) is 4.36. The largest absolute Gasteiger partial charge is 0.347 e. The minimum Gasteiger partial charge on any atom is -0.347 e. The zero-order valence-electron chi connectivity index (χ0n) is 11.5. The highest BCUT2D eigenvalue weighted by Crippen LogP contribution is 2.14. The maximum absolute atomic E-state index is 12.7. The average Bonchev–Trinajstić information content (AvgIpc) is 2.84. The summed E-state index contributed by atoms with van der Waals surface area (Å²) in [5.74, 6) is -0.557.